The number of carbonyl (C=O) groups excluding carboxylic acids is 2. The van der Waals surface area contributed by atoms with Gasteiger partial charge in [0.2, 0.25) is 0 Å². The predicted octanol–water partition coefficient (Wildman–Crippen LogP) is 1.92. The first-order chi connectivity index (χ1) is 7.61. The van der Waals surface area contributed by atoms with Crippen molar-refractivity contribution in [3.63, 3.8) is 0 Å². The van der Waals surface area contributed by atoms with Gasteiger partial charge in [-0.05, 0) is 24.6 Å². The Kier molecular flexibility index (Phi) is 2.64. The Morgan fingerprint density at radius 1 is 1.50 bits per heavy atom. The van der Waals surface area contributed by atoms with Gasteiger partial charge in [0.05, 0.1) is 5.69 Å². The van der Waals surface area contributed by atoms with E-state index < -0.39 is 0 Å². The fourth-order valence-electron chi connectivity index (χ4n) is 1.72. The summed E-state index contributed by atoms with van der Waals surface area (Å²) in [7, 11) is 0. The van der Waals surface area contributed by atoms with Crippen LogP contribution in [-0.2, 0) is 4.79 Å². The SMILES string of the molecule is CCC(=O)c1cc2c(cc1C)OCC(=O)N2. The summed E-state index contributed by atoms with van der Waals surface area (Å²) in [6, 6.07) is 3.48. The number of amides is 1. The van der Waals surface area contributed by atoms with E-state index in [1.54, 1.807) is 12.1 Å². The Balaban J connectivity index is 2.46. The Hall–Kier alpha value is -1.84. The molecule has 4 heteroatoms. The molecule has 1 aromatic rings. The van der Waals surface area contributed by atoms with Crippen LogP contribution in [0.15, 0.2) is 12.1 Å². The van der Waals surface area contributed by atoms with E-state index in [0.29, 0.717) is 23.4 Å². The number of anilines is 1. The zero-order chi connectivity index (χ0) is 11.7. The van der Waals surface area contributed by atoms with Crippen molar-refractivity contribution in [3.8, 4) is 5.75 Å². The van der Waals surface area contributed by atoms with Crippen molar-refractivity contribution in [1.29, 1.82) is 0 Å². The maximum atomic E-state index is 11.6. The van der Waals surface area contributed by atoms with Gasteiger partial charge in [-0.2, -0.15) is 0 Å². The zero-order valence-electron chi connectivity index (χ0n) is 9.29. The molecule has 0 saturated heterocycles. The van der Waals surface area contributed by atoms with Gasteiger partial charge in [-0.25, -0.2) is 0 Å². The quantitative estimate of drug-likeness (QED) is 0.773. The maximum Gasteiger partial charge on any atom is 0.262 e. The van der Waals surface area contributed by atoms with Crippen molar-refractivity contribution in [2.24, 2.45) is 0 Å². The molecule has 0 aromatic heterocycles. The number of benzene rings is 1. The maximum absolute atomic E-state index is 11.6. The highest BCUT2D eigenvalue weighted by atomic mass is 16.5. The number of nitrogens with one attached hydrogen (secondary N) is 1. The molecular formula is C12H13NO3. The molecule has 1 heterocycles. The number of ether oxygens (including phenoxy) is 1. The first-order valence-electron chi connectivity index (χ1n) is 5.22. The molecule has 0 fully saturated rings. The Labute approximate surface area is 93.6 Å². The molecule has 0 atom stereocenters. The van der Waals surface area contributed by atoms with Gasteiger partial charge < -0.3 is 10.1 Å². The number of rotatable bonds is 2. The average molecular weight is 219 g/mol. The van der Waals surface area contributed by atoms with Crippen molar-refractivity contribution in [2.45, 2.75) is 20.3 Å². The van der Waals surface area contributed by atoms with Crippen LogP contribution >= 0.6 is 0 Å². The van der Waals surface area contributed by atoms with E-state index >= 15 is 0 Å². The zero-order valence-corrected chi connectivity index (χ0v) is 9.29. The normalized spacial score (nSPS) is 13.8. The Bertz CT molecular complexity index is 466. The minimum atomic E-state index is -0.189. The highest BCUT2D eigenvalue weighted by Gasteiger charge is 2.19. The smallest absolute Gasteiger partial charge is 0.262 e. The minimum Gasteiger partial charge on any atom is -0.482 e. The fraction of sp³-hybridized carbons (Fsp3) is 0.333. The lowest BCUT2D eigenvalue weighted by Gasteiger charge is -2.19. The van der Waals surface area contributed by atoms with E-state index in [4.69, 9.17) is 4.74 Å². The highest BCUT2D eigenvalue weighted by Crippen LogP contribution is 2.31. The molecule has 2 rings (SSSR count). The van der Waals surface area contributed by atoms with Crippen LogP contribution in [0.3, 0.4) is 0 Å². The van der Waals surface area contributed by atoms with Crippen LogP contribution in [0.1, 0.15) is 29.3 Å². The van der Waals surface area contributed by atoms with Gasteiger partial charge in [-0.1, -0.05) is 6.92 Å². The molecular weight excluding hydrogens is 206 g/mol. The van der Waals surface area contributed by atoms with Crippen LogP contribution in [0.5, 0.6) is 5.75 Å². The van der Waals surface area contributed by atoms with Gasteiger partial charge in [0.25, 0.3) is 5.91 Å². The standard InChI is InChI=1S/C12H13NO3/c1-3-10(14)8-5-9-11(4-7(8)2)16-6-12(15)13-9/h4-5H,3,6H2,1-2H3,(H,13,15). The Morgan fingerprint density at radius 2 is 2.25 bits per heavy atom. The fourth-order valence-corrected chi connectivity index (χ4v) is 1.72. The number of ketones is 1. The van der Waals surface area contributed by atoms with Crippen molar-refractivity contribution < 1.29 is 14.3 Å². The van der Waals surface area contributed by atoms with Crippen LogP contribution in [-0.4, -0.2) is 18.3 Å². The second kappa shape index (κ2) is 3.96. The summed E-state index contributed by atoms with van der Waals surface area (Å²) in [4.78, 5) is 22.8. The molecule has 0 spiro atoms. The van der Waals surface area contributed by atoms with Crippen LogP contribution < -0.4 is 10.1 Å². The summed E-state index contributed by atoms with van der Waals surface area (Å²) in [6.07, 6.45) is 0.453. The van der Waals surface area contributed by atoms with E-state index in [0.717, 1.165) is 5.56 Å². The van der Waals surface area contributed by atoms with Gasteiger partial charge in [-0.15, -0.1) is 0 Å². The molecule has 1 N–H and O–H groups in total. The van der Waals surface area contributed by atoms with Crippen LogP contribution in [0.4, 0.5) is 5.69 Å². The molecule has 0 bridgehead atoms. The number of aryl methyl sites for hydroxylation is 1. The van der Waals surface area contributed by atoms with Crippen molar-refractivity contribution in [1.82, 2.24) is 0 Å². The summed E-state index contributed by atoms with van der Waals surface area (Å²) in [6.45, 7) is 3.72. The summed E-state index contributed by atoms with van der Waals surface area (Å²) in [5.74, 6) is 0.510. The molecule has 84 valence electrons. The van der Waals surface area contributed by atoms with Gasteiger partial charge in [0, 0.05) is 12.0 Å². The molecule has 1 aliphatic heterocycles. The lowest BCUT2D eigenvalue weighted by molar-refractivity contribution is -0.118. The van der Waals surface area contributed by atoms with Gasteiger partial charge in [-0.3, -0.25) is 9.59 Å². The highest BCUT2D eigenvalue weighted by molar-refractivity contribution is 6.01. The van der Waals surface area contributed by atoms with Gasteiger partial charge >= 0.3 is 0 Å². The topological polar surface area (TPSA) is 55.4 Å². The predicted molar refractivity (Wildman–Crippen MR) is 59.9 cm³/mol. The van der Waals surface area contributed by atoms with E-state index in [9.17, 15) is 9.59 Å². The summed E-state index contributed by atoms with van der Waals surface area (Å²) in [5.41, 5.74) is 2.10. The van der Waals surface area contributed by atoms with Crippen molar-refractivity contribution >= 4 is 17.4 Å². The number of fused-ring (bicyclic) bond motifs is 1. The molecule has 4 nitrogen and oxygen atoms in total. The monoisotopic (exact) mass is 219 g/mol. The summed E-state index contributed by atoms with van der Waals surface area (Å²) in [5, 5.41) is 2.69. The molecule has 16 heavy (non-hydrogen) atoms. The van der Waals surface area contributed by atoms with E-state index in [1.165, 1.54) is 0 Å². The lowest BCUT2D eigenvalue weighted by atomic mass is 10.0. The van der Waals surface area contributed by atoms with E-state index in [2.05, 4.69) is 5.32 Å². The van der Waals surface area contributed by atoms with Gasteiger partial charge in [0.1, 0.15) is 5.75 Å². The van der Waals surface area contributed by atoms with Crippen LogP contribution in [0, 0.1) is 6.92 Å². The molecule has 1 aromatic carbocycles. The van der Waals surface area contributed by atoms with Gasteiger partial charge in [0.15, 0.2) is 12.4 Å². The summed E-state index contributed by atoms with van der Waals surface area (Å²) < 4.78 is 5.26. The molecule has 0 aliphatic carbocycles. The lowest BCUT2D eigenvalue weighted by Crippen LogP contribution is -2.25. The number of carbonyl (C=O) groups is 2. The van der Waals surface area contributed by atoms with E-state index in [1.807, 2.05) is 13.8 Å². The third-order valence-electron chi connectivity index (χ3n) is 2.58. The molecule has 1 aliphatic rings. The van der Waals surface area contributed by atoms with Crippen LogP contribution in [0.25, 0.3) is 0 Å². The van der Waals surface area contributed by atoms with Crippen molar-refractivity contribution in [3.05, 3.63) is 23.3 Å². The number of hydrogen-bond acceptors (Lipinski definition) is 3. The summed E-state index contributed by atoms with van der Waals surface area (Å²) >= 11 is 0. The first-order valence-corrected chi connectivity index (χ1v) is 5.22. The second-order valence-electron chi connectivity index (χ2n) is 3.78. The van der Waals surface area contributed by atoms with E-state index in [-0.39, 0.29) is 18.3 Å². The van der Waals surface area contributed by atoms with Crippen molar-refractivity contribution in [2.75, 3.05) is 11.9 Å². The largest absolute Gasteiger partial charge is 0.482 e. The third kappa shape index (κ3) is 1.78. The number of Topliss-reactive ketones (excluding diaryl/α,β-unsaturated/α-hetero) is 1. The average Bonchev–Trinajstić information content (AvgIpc) is 2.28. The molecule has 0 radical (unpaired) electrons. The third-order valence-corrected chi connectivity index (χ3v) is 2.58. The Morgan fingerprint density at radius 3 is 2.94 bits per heavy atom. The first kappa shape index (κ1) is 10.7. The molecule has 0 unspecified atom stereocenters. The minimum absolute atomic E-state index is 0.0352. The van der Waals surface area contributed by atoms with Crippen LogP contribution in [0.2, 0.25) is 0 Å². The number of hydrogen-bond donors (Lipinski definition) is 1. The second-order valence-corrected chi connectivity index (χ2v) is 3.78. The molecule has 1 amide bonds. The molecule has 0 saturated carbocycles.